The molecule has 1 aromatic carbocycles. The summed E-state index contributed by atoms with van der Waals surface area (Å²) in [6.45, 7) is 1.38. The van der Waals surface area contributed by atoms with Crippen molar-refractivity contribution in [1.29, 1.82) is 5.26 Å². The fourth-order valence-electron chi connectivity index (χ4n) is 2.25. The Morgan fingerprint density at radius 3 is 2.80 bits per heavy atom. The number of nitriles is 1. The van der Waals surface area contributed by atoms with Crippen LogP contribution in [0.4, 0.5) is 0 Å². The van der Waals surface area contributed by atoms with Crippen molar-refractivity contribution >= 4 is 0 Å². The van der Waals surface area contributed by atoms with Gasteiger partial charge in [-0.1, -0.05) is 23.4 Å². The molecule has 1 aliphatic carbocycles. The Morgan fingerprint density at radius 1 is 1.30 bits per heavy atom. The van der Waals surface area contributed by atoms with Crippen LogP contribution in [0.5, 0.6) is 5.75 Å². The van der Waals surface area contributed by atoms with Gasteiger partial charge in [0.15, 0.2) is 5.69 Å². The van der Waals surface area contributed by atoms with Crippen LogP contribution in [0.25, 0.3) is 0 Å². The molecule has 1 fully saturated rings. The van der Waals surface area contributed by atoms with E-state index in [4.69, 9.17) is 10.00 Å². The molecule has 0 saturated heterocycles. The maximum atomic E-state index is 9.04. The summed E-state index contributed by atoms with van der Waals surface area (Å²) >= 11 is 0. The number of para-hydroxylation sites is 1. The van der Waals surface area contributed by atoms with E-state index in [0.29, 0.717) is 18.2 Å². The zero-order valence-electron chi connectivity index (χ0n) is 11.2. The molecule has 3 rings (SSSR count). The number of rotatable bonds is 6. The van der Waals surface area contributed by atoms with Crippen molar-refractivity contribution in [3.05, 3.63) is 41.7 Å². The summed E-state index contributed by atoms with van der Waals surface area (Å²) in [6.07, 6.45) is 3.13. The molecule has 1 heterocycles. The second-order valence-corrected chi connectivity index (χ2v) is 4.95. The molecule has 0 N–H and O–H groups in total. The van der Waals surface area contributed by atoms with Crippen LogP contribution < -0.4 is 4.74 Å². The molecule has 0 radical (unpaired) electrons. The topological polar surface area (TPSA) is 63.7 Å². The van der Waals surface area contributed by atoms with E-state index in [-0.39, 0.29) is 0 Å². The van der Waals surface area contributed by atoms with E-state index in [2.05, 4.69) is 16.4 Å². The highest BCUT2D eigenvalue weighted by Gasteiger charge is 2.31. The third-order valence-electron chi connectivity index (χ3n) is 3.37. The first-order chi connectivity index (χ1) is 9.88. The molecular formula is C15H16N4O. The Balaban J connectivity index is 1.54. The average molecular weight is 268 g/mol. The van der Waals surface area contributed by atoms with E-state index >= 15 is 0 Å². The number of hydrogen-bond acceptors (Lipinski definition) is 4. The zero-order chi connectivity index (χ0) is 13.8. The van der Waals surface area contributed by atoms with E-state index in [0.717, 1.165) is 37.3 Å². The quantitative estimate of drug-likeness (QED) is 0.755. The first kappa shape index (κ1) is 12.7. The number of aromatic nitrogens is 3. The predicted molar refractivity (Wildman–Crippen MR) is 73.3 cm³/mol. The van der Waals surface area contributed by atoms with Gasteiger partial charge in [-0.05, 0) is 25.0 Å². The summed E-state index contributed by atoms with van der Waals surface area (Å²) in [4.78, 5) is 0. The van der Waals surface area contributed by atoms with Gasteiger partial charge < -0.3 is 4.74 Å². The molecule has 1 aromatic heterocycles. The van der Waals surface area contributed by atoms with Crippen molar-refractivity contribution in [2.45, 2.75) is 31.7 Å². The second kappa shape index (κ2) is 5.74. The molecule has 0 spiro atoms. The van der Waals surface area contributed by atoms with E-state index in [1.54, 1.807) is 0 Å². The highest BCUT2D eigenvalue weighted by molar-refractivity contribution is 5.30. The summed E-state index contributed by atoms with van der Waals surface area (Å²) in [6, 6.07) is 11.9. The van der Waals surface area contributed by atoms with Gasteiger partial charge in [0.1, 0.15) is 11.8 Å². The molecule has 0 unspecified atom stereocenters. The van der Waals surface area contributed by atoms with Crippen molar-refractivity contribution in [2.24, 2.45) is 0 Å². The summed E-state index contributed by atoms with van der Waals surface area (Å²) < 4.78 is 7.52. The largest absolute Gasteiger partial charge is 0.494 e. The summed E-state index contributed by atoms with van der Waals surface area (Å²) in [5, 5.41) is 17.1. The van der Waals surface area contributed by atoms with E-state index in [1.165, 1.54) is 0 Å². The Hall–Kier alpha value is -2.35. The molecule has 0 bridgehead atoms. The molecule has 0 amide bonds. The Kier molecular flexibility index (Phi) is 3.64. The number of hydrogen-bond donors (Lipinski definition) is 0. The number of ether oxygens (including phenoxy) is 1. The van der Waals surface area contributed by atoms with Gasteiger partial charge in [-0.2, -0.15) is 5.26 Å². The van der Waals surface area contributed by atoms with Crippen LogP contribution in [0.1, 0.15) is 36.6 Å². The van der Waals surface area contributed by atoms with Gasteiger partial charge >= 0.3 is 0 Å². The highest BCUT2D eigenvalue weighted by atomic mass is 16.5. The number of benzene rings is 1. The first-order valence-corrected chi connectivity index (χ1v) is 6.90. The van der Waals surface area contributed by atoms with Crippen LogP contribution in [-0.2, 0) is 6.54 Å². The summed E-state index contributed by atoms with van der Waals surface area (Å²) in [5.74, 6) is 1.36. The van der Waals surface area contributed by atoms with E-state index in [9.17, 15) is 0 Å². The summed E-state index contributed by atoms with van der Waals surface area (Å²) in [7, 11) is 0. The molecule has 20 heavy (non-hydrogen) atoms. The third-order valence-corrected chi connectivity index (χ3v) is 3.37. The van der Waals surface area contributed by atoms with E-state index < -0.39 is 0 Å². The molecule has 0 aliphatic heterocycles. The predicted octanol–water partition coefficient (Wildman–Crippen LogP) is 2.50. The van der Waals surface area contributed by atoms with Gasteiger partial charge in [-0.15, -0.1) is 5.10 Å². The number of aryl methyl sites for hydroxylation is 1. The lowest BCUT2D eigenvalue weighted by Crippen LogP contribution is -2.09. The van der Waals surface area contributed by atoms with Crippen molar-refractivity contribution in [3.63, 3.8) is 0 Å². The fraction of sp³-hybridized carbons (Fsp3) is 0.400. The van der Waals surface area contributed by atoms with Crippen LogP contribution in [0, 0.1) is 11.3 Å². The van der Waals surface area contributed by atoms with E-state index in [1.807, 2.05) is 35.0 Å². The van der Waals surface area contributed by atoms with Gasteiger partial charge in [0.05, 0.1) is 12.3 Å². The van der Waals surface area contributed by atoms with Gasteiger partial charge in [0.25, 0.3) is 0 Å². The Morgan fingerprint density at radius 2 is 2.10 bits per heavy atom. The SMILES string of the molecule is N#Cc1nnn(CCCOc2ccccc2)c1C1CC1. The molecule has 102 valence electrons. The van der Waals surface area contributed by atoms with Gasteiger partial charge in [-0.3, -0.25) is 0 Å². The minimum absolute atomic E-state index is 0.481. The molecule has 1 aliphatic rings. The average Bonchev–Trinajstić information content (AvgIpc) is 3.25. The van der Waals surface area contributed by atoms with Gasteiger partial charge in [0, 0.05) is 18.9 Å². The van der Waals surface area contributed by atoms with Crippen molar-refractivity contribution in [1.82, 2.24) is 15.0 Å². The molecule has 5 heteroatoms. The molecule has 0 atom stereocenters. The standard InChI is InChI=1S/C15H16N4O/c16-11-14-15(12-7-8-12)19(18-17-14)9-4-10-20-13-5-2-1-3-6-13/h1-3,5-6,12H,4,7-10H2. The third kappa shape index (κ3) is 2.80. The molecular weight excluding hydrogens is 252 g/mol. The van der Waals surface area contributed by atoms with Gasteiger partial charge in [0.2, 0.25) is 0 Å². The minimum atomic E-state index is 0.481. The zero-order valence-corrected chi connectivity index (χ0v) is 11.2. The monoisotopic (exact) mass is 268 g/mol. The smallest absolute Gasteiger partial charge is 0.186 e. The normalized spacial score (nSPS) is 13.9. The summed E-state index contributed by atoms with van der Waals surface area (Å²) in [5.41, 5.74) is 1.49. The van der Waals surface area contributed by atoms with Gasteiger partial charge in [-0.25, -0.2) is 4.68 Å². The lowest BCUT2D eigenvalue weighted by atomic mass is 10.2. The first-order valence-electron chi connectivity index (χ1n) is 6.90. The highest BCUT2D eigenvalue weighted by Crippen LogP contribution is 2.40. The van der Waals surface area contributed by atoms with Crippen LogP contribution in [0.2, 0.25) is 0 Å². The lowest BCUT2D eigenvalue weighted by molar-refractivity contribution is 0.297. The Labute approximate surface area is 117 Å². The van der Waals surface area contributed by atoms with Crippen LogP contribution >= 0.6 is 0 Å². The maximum Gasteiger partial charge on any atom is 0.186 e. The molecule has 2 aromatic rings. The van der Waals surface area contributed by atoms with Crippen molar-refractivity contribution < 1.29 is 4.74 Å². The number of nitrogens with zero attached hydrogens (tertiary/aromatic N) is 4. The van der Waals surface area contributed by atoms with Crippen LogP contribution in [0.15, 0.2) is 30.3 Å². The minimum Gasteiger partial charge on any atom is -0.494 e. The fourth-order valence-corrected chi connectivity index (χ4v) is 2.25. The van der Waals surface area contributed by atoms with Crippen molar-refractivity contribution in [2.75, 3.05) is 6.61 Å². The second-order valence-electron chi connectivity index (χ2n) is 4.95. The molecule has 1 saturated carbocycles. The lowest BCUT2D eigenvalue weighted by Gasteiger charge is -2.07. The van der Waals surface area contributed by atoms with Crippen LogP contribution in [0.3, 0.4) is 0 Å². The maximum absolute atomic E-state index is 9.04. The molecule has 5 nitrogen and oxygen atoms in total. The van der Waals surface area contributed by atoms with Crippen LogP contribution in [-0.4, -0.2) is 21.6 Å². The Bertz CT molecular complexity index is 611. The van der Waals surface area contributed by atoms with Crippen molar-refractivity contribution in [3.8, 4) is 11.8 Å².